The van der Waals surface area contributed by atoms with Gasteiger partial charge in [-0.1, -0.05) is 12.1 Å². The molecule has 5 rings (SSSR count). The predicted octanol–water partition coefficient (Wildman–Crippen LogP) is 2.11. The molecule has 2 aromatic carbocycles. The maximum absolute atomic E-state index is 13.0. The van der Waals surface area contributed by atoms with Gasteiger partial charge in [0.1, 0.15) is 24.5 Å². The van der Waals surface area contributed by atoms with Crippen LogP contribution in [-0.2, 0) is 21.6 Å². The average molecular weight is 524 g/mol. The molecule has 0 spiro atoms. The first-order valence-corrected chi connectivity index (χ1v) is 13.3. The summed E-state index contributed by atoms with van der Waals surface area (Å²) in [6.07, 6.45) is 2.61. The molecule has 0 atom stereocenters. The monoisotopic (exact) mass is 523 g/mol. The predicted molar refractivity (Wildman–Crippen MR) is 139 cm³/mol. The molecule has 0 radical (unpaired) electrons. The molecule has 3 N–H and O–H groups in total. The number of morpholine rings is 1. The first-order valence-electron chi connectivity index (χ1n) is 11.4. The van der Waals surface area contributed by atoms with Crippen molar-refractivity contribution in [2.45, 2.75) is 5.03 Å². The molecule has 12 nitrogen and oxygen atoms in total. The highest BCUT2D eigenvalue weighted by Crippen LogP contribution is 2.33. The van der Waals surface area contributed by atoms with Gasteiger partial charge in [0.15, 0.2) is 26.4 Å². The van der Waals surface area contributed by atoms with E-state index in [1.807, 2.05) is 13.1 Å². The van der Waals surface area contributed by atoms with Crippen molar-refractivity contribution in [3.05, 3.63) is 59.7 Å². The molecule has 13 heteroatoms. The molecule has 1 amide bonds. The summed E-state index contributed by atoms with van der Waals surface area (Å²) in [6.45, 7) is 1.39. The minimum Gasteiger partial charge on any atom is -0.627 e. The Bertz CT molecular complexity index is 1610. The van der Waals surface area contributed by atoms with Crippen molar-refractivity contribution in [1.29, 1.82) is 0 Å². The third-order valence-corrected chi connectivity index (χ3v) is 7.24. The van der Waals surface area contributed by atoms with Crippen molar-refractivity contribution < 1.29 is 17.9 Å². The standard InChI is InChI=1S/C24H25N7O5S/c1-30-14-26-19-17(4-3-5-18(19)30)20-24(37(2,34)35)29-23(21(28-20)22(25)32)27-15-6-8-16(9-7-15)31(33)10-12-36-13-11-31/h3-9,14H,10-13H2,1-2H3,(H2,25,32)(H,27,29). The van der Waals surface area contributed by atoms with E-state index < -0.39 is 20.4 Å². The summed E-state index contributed by atoms with van der Waals surface area (Å²) in [7, 11) is -2.08. The van der Waals surface area contributed by atoms with E-state index in [9.17, 15) is 18.4 Å². The SMILES string of the molecule is Cn1cnc2c(-c3nc(C(N)=O)c(Nc4ccc([N+]5([O-])CCOCC5)cc4)nc3S(C)(=O)=O)cccc21. The maximum Gasteiger partial charge on any atom is 0.271 e. The number of aryl methyl sites for hydroxylation is 1. The van der Waals surface area contributed by atoms with Crippen LogP contribution in [0, 0.1) is 5.21 Å². The van der Waals surface area contributed by atoms with Gasteiger partial charge in [0.05, 0.1) is 30.6 Å². The zero-order valence-corrected chi connectivity index (χ0v) is 21.0. The summed E-state index contributed by atoms with van der Waals surface area (Å²) < 4.78 is 32.2. The van der Waals surface area contributed by atoms with Crippen LogP contribution in [0.4, 0.5) is 17.2 Å². The summed E-state index contributed by atoms with van der Waals surface area (Å²) in [4.78, 5) is 25.4. The maximum atomic E-state index is 13.0. The summed E-state index contributed by atoms with van der Waals surface area (Å²) in [5, 5.41) is 15.6. The summed E-state index contributed by atoms with van der Waals surface area (Å²) >= 11 is 0. The van der Waals surface area contributed by atoms with Gasteiger partial charge in [0, 0.05) is 36.7 Å². The highest BCUT2D eigenvalue weighted by atomic mass is 32.2. The number of carbonyl (C=O) groups excluding carboxylic acids is 1. The van der Waals surface area contributed by atoms with Crippen molar-refractivity contribution in [2.75, 3.05) is 37.9 Å². The lowest BCUT2D eigenvalue weighted by Crippen LogP contribution is -2.51. The Labute approximate surface area is 212 Å². The van der Waals surface area contributed by atoms with E-state index in [-0.39, 0.29) is 22.2 Å². The van der Waals surface area contributed by atoms with Gasteiger partial charge >= 0.3 is 0 Å². The highest BCUT2D eigenvalue weighted by Gasteiger charge is 2.27. The van der Waals surface area contributed by atoms with Gasteiger partial charge in [0.25, 0.3) is 5.91 Å². The fourth-order valence-corrected chi connectivity index (χ4v) is 5.08. The molecule has 4 aromatic rings. The number of imidazole rings is 1. The Morgan fingerprint density at radius 3 is 2.49 bits per heavy atom. The molecule has 0 aliphatic carbocycles. The first-order chi connectivity index (χ1) is 17.6. The molecule has 2 aromatic heterocycles. The smallest absolute Gasteiger partial charge is 0.271 e. The van der Waals surface area contributed by atoms with E-state index in [1.165, 1.54) is 0 Å². The number of fused-ring (bicyclic) bond motifs is 1. The Kier molecular flexibility index (Phi) is 6.15. The lowest BCUT2D eigenvalue weighted by atomic mass is 10.1. The van der Waals surface area contributed by atoms with Crippen LogP contribution in [-0.4, -0.2) is 66.4 Å². The molecule has 3 heterocycles. The van der Waals surface area contributed by atoms with Gasteiger partial charge in [-0.05, 0) is 18.2 Å². The molecule has 192 valence electrons. The fraction of sp³-hybridized carbons (Fsp3) is 0.250. The number of aromatic nitrogens is 4. The van der Waals surface area contributed by atoms with Gasteiger partial charge in [-0.15, -0.1) is 0 Å². The van der Waals surface area contributed by atoms with E-state index in [0.29, 0.717) is 48.8 Å². The molecule has 1 aliphatic heterocycles. The Hall–Kier alpha value is -3.91. The number of nitrogens with one attached hydrogen (secondary N) is 1. The number of ether oxygens (including phenoxy) is 1. The molecule has 0 saturated carbocycles. The van der Waals surface area contributed by atoms with Crippen molar-refractivity contribution >= 4 is 44.0 Å². The van der Waals surface area contributed by atoms with Crippen LogP contribution in [0.15, 0.2) is 53.8 Å². The number of rotatable bonds is 6. The second-order valence-corrected chi connectivity index (χ2v) is 10.8. The van der Waals surface area contributed by atoms with Crippen molar-refractivity contribution in [3.8, 4) is 11.3 Å². The quantitative estimate of drug-likeness (QED) is 0.284. The van der Waals surface area contributed by atoms with Crippen LogP contribution >= 0.6 is 0 Å². The van der Waals surface area contributed by atoms with Gasteiger partial charge in [0.2, 0.25) is 0 Å². The normalized spacial score (nSPS) is 15.5. The molecule has 37 heavy (non-hydrogen) atoms. The van der Waals surface area contributed by atoms with Crippen molar-refractivity contribution in [2.24, 2.45) is 12.8 Å². The van der Waals surface area contributed by atoms with E-state index in [0.717, 1.165) is 11.8 Å². The third kappa shape index (κ3) is 4.64. The van der Waals surface area contributed by atoms with Crippen LogP contribution in [0.5, 0.6) is 0 Å². The Balaban J connectivity index is 1.59. The van der Waals surface area contributed by atoms with Crippen LogP contribution in [0.1, 0.15) is 10.5 Å². The zero-order chi connectivity index (χ0) is 26.4. The number of nitrogens with zero attached hydrogens (tertiary/aromatic N) is 5. The van der Waals surface area contributed by atoms with Crippen LogP contribution < -0.4 is 15.7 Å². The van der Waals surface area contributed by atoms with E-state index in [1.54, 1.807) is 47.3 Å². The lowest BCUT2D eigenvalue weighted by Gasteiger charge is -2.44. The topological polar surface area (TPSA) is 165 Å². The number of nitrogens with two attached hydrogens (primary N) is 1. The molecule has 0 unspecified atom stereocenters. The summed E-state index contributed by atoms with van der Waals surface area (Å²) in [6, 6.07) is 11.9. The van der Waals surface area contributed by atoms with Crippen molar-refractivity contribution in [1.82, 2.24) is 24.2 Å². The number of hydroxylamine groups is 2. The molecule has 0 bridgehead atoms. The minimum absolute atomic E-state index is 0.0217. The van der Waals surface area contributed by atoms with Crippen molar-refractivity contribution in [3.63, 3.8) is 0 Å². The zero-order valence-electron chi connectivity index (χ0n) is 20.2. The number of anilines is 2. The second-order valence-electron chi connectivity index (χ2n) is 8.86. The van der Waals surface area contributed by atoms with Gasteiger partial charge < -0.3 is 30.2 Å². The largest absolute Gasteiger partial charge is 0.627 e. The molecule has 1 saturated heterocycles. The van der Waals surface area contributed by atoms with Gasteiger partial charge in [-0.3, -0.25) is 4.79 Å². The number of hydrogen-bond acceptors (Lipinski definition) is 9. The number of primary amides is 1. The Morgan fingerprint density at radius 1 is 1.14 bits per heavy atom. The van der Waals surface area contributed by atoms with Gasteiger partial charge in [-0.2, -0.15) is 0 Å². The number of carbonyl (C=O) groups is 1. The van der Waals surface area contributed by atoms with Crippen LogP contribution in [0.3, 0.4) is 0 Å². The molecular formula is C24H25N7O5S. The van der Waals surface area contributed by atoms with E-state index in [4.69, 9.17) is 10.5 Å². The molecule has 1 fully saturated rings. The number of quaternary nitrogens is 1. The van der Waals surface area contributed by atoms with Crippen LogP contribution in [0.2, 0.25) is 0 Å². The lowest BCUT2D eigenvalue weighted by molar-refractivity contribution is 0.0615. The summed E-state index contributed by atoms with van der Waals surface area (Å²) in [5.74, 6) is -1.01. The van der Waals surface area contributed by atoms with Gasteiger partial charge in [-0.25, -0.2) is 23.4 Å². The highest BCUT2D eigenvalue weighted by molar-refractivity contribution is 7.90. The van der Waals surface area contributed by atoms with Crippen LogP contribution in [0.25, 0.3) is 22.3 Å². The fourth-order valence-electron chi connectivity index (χ4n) is 4.31. The summed E-state index contributed by atoms with van der Waals surface area (Å²) in [5.41, 5.74) is 8.06. The minimum atomic E-state index is -3.89. The number of hydrogen-bond donors (Lipinski definition) is 2. The third-order valence-electron chi connectivity index (χ3n) is 6.25. The number of amides is 1. The van der Waals surface area contributed by atoms with E-state index in [2.05, 4.69) is 20.3 Å². The molecule has 1 aliphatic rings. The second kappa shape index (κ2) is 9.19. The molecular weight excluding hydrogens is 498 g/mol. The first kappa shape index (κ1) is 24.8. The van der Waals surface area contributed by atoms with E-state index >= 15 is 0 Å². The Morgan fingerprint density at radius 2 is 1.84 bits per heavy atom. The number of sulfone groups is 1. The number of benzene rings is 2. The number of para-hydroxylation sites is 1. The average Bonchev–Trinajstić information content (AvgIpc) is 3.25.